The van der Waals surface area contributed by atoms with E-state index in [0.717, 1.165) is 50.1 Å². The quantitative estimate of drug-likeness (QED) is 0.864. The lowest BCUT2D eigenvalue weighted by Gasteiger charge is -2.36. The zero-order valence-electron chi connectivity index (χ0n) is 12.3. The highest BCUT2D eigenvalue weighted by atomic mass is 16.4. The fourth-order valence-corrected chi connectivity index (χ4v) is 2.82. The van der Waals surface area contributed by atoms with Crippen molar-refractivity contribution in [2.45, 2.75) is 25.8 Å². The molecule has 3 rings (SSSR count). The van der Waals surface area contributed by atoms with Crippen molar-refractivity contribution in [3.8, 4) is 6.07 Å². The van der Waals surface area contributed by atoms with Gasteiger partial charge >= 0.3 is 0 Å². The third-order valence-corrected chi connectivity index (χ3v) is 4.02. The van der Waals surface area contributed by atoms with Gasteiger partial charge in [0, 0.05) is 26.2 Å². The van der Waals surface area contributed by atoms with Crippen LogP contribution in [0.2, 0.25) is 0 Å². The van der Waals surface area contributed by atoms with Gasteiger partial charge < -0.3 is 9.32 Å². The van der Waals surface area contributed by atoms with Gasteiger partial charge in [0.2, 0.25) is 0 Å². The molecule has 0 saturated carbocycles. The number of rotatable bonds is 4. The average Bonchev–Trinajstić information content (AvgIpc) is 2.97. The van der Waals surface area contributed by atoms with Crippen molar-refractivity contribution in [1.82, 2.24) is 9.88 Å². The lowest BCUT2D eigenvalue weighted by Crippen LogP contribution is -2.50. The number of oxazole rings is 1. The molecule has 2 heterocycles. The molecule has 2 aromatic rings. The molecule has 0 radical (unpaired) electrons. The standard InChI is InChI=1S/C16H20N4O/c1-2-5-13(12-17)19-8-10-20(11-9-19)16-18-14-6-3-4-7-15(14)21-16/h3-4,6-7,13H,2,5,8-11H2,1H3. The first-order chi connectivity index (χ1) is 10.3. The summed E-state index contributed by atoms with van der Waals surface area (Å²) in [6, 6.07) is 11.0. The van der Waals surface area contributed by atoms with Crippen LogP contribution in [0, 0.1) is 11.3 Å². The highest BCUT2D eigenvalue weighted by Crippen LogP contribution is 2.23. The second-order valence-electron chi connectivity index (χ2n) is 5.42. The van der Waals surface area contributed by atoms with E-state index >= 15 is 0 Å². The Bertz CT molecular complexity index is 604. The number of hydrogen-bond acceptors (Lipinski definition) is 5. The normalized spacial score (nSPS) is 17.8. The van der Waals surface area contributed by atoms with Crippen molar-refractivity contribution in [1.29, 1.82) is 5.26 Å². The Balaban J connectivity index is 1.66. The molecule has 1 saturated heterocycles. The Morgan fingerprint density at radius 2 is 2.05 bits per heavy atom. The van der Waals surface area contributed by atoms with Gasteiger partial charge in [-0.05, 0) is 18.6 Å². The van der Waals surface area contributed by atoms with E-state index in [1.165, 1.54) is 0 Å². The largest absolute Gasteiger partial charge is 0.423 e. The predicted octanol–water partition coefficient (Wildman–Crippen LogP) is 2.64. The molecular formula is C16H20N4O. The van der Waals surface area contributed by atoms with Crippen LogP contribution in [-0.4, -0.2) is 42.1 Å². The van der Waals surface area contributed by atoms with Crippen molar-refractivity contribution >= 4 is 17.1 Å². The molecule has 5 nitrogen and oxygen atoms in total. The Hall–Kier alpha value is -2.06. The maximum atomic E-state index is 9.25. The number of hydrogen-bond donors (Lipinski definition) is 0. The number of para-hydroxylation sites is 2. The molecule has 0 bridgehead atoms. The Kier molecular flexibility index (Phi) is 4.07. The molecule has 110 valence electrons. The fourth-order valence-electron chi connectivity index (χ4n) is 2.82. The highest BCUT2D eigenvalue weighted by Gasteiger charge is 2.25. The van der Waals surface area contributed by atoms with E-state index in [4.69, 9.17) is 4.42 Å². The molecule has 1 atom stereocenters. The molecule has 5 heteroatoms. The van der Waals surface area contributed by atoms with Crippen LogP contribution < -0.4 is 4.90 Å². The van der Waals surface area contributed by atoms with Gasteiger partial charge in [-0.1, -0.05) is 25.5 Å². The van der Waals surface area contributed by atoms with Crippen molar-refractivity contribution < 1.29 is 4.42 Å². The van der Waals surface area contributed by atoms with E-state index in [1.54, 1.807) is 0 Å². The maximum absolute atomic E-state index is 9.25. The first-order valence-corrected chi connectivity index (χ1v) is 7.56. The van der Waals surface area contributed by atoms with Crippen molar-refractivity contribution in [2.24, 2.45) is 0 Å². The van der Waals surface area contributed by atoms with Crippen molar-refractivity contribution in [3.05, 3.63) is 24.3 Å². The van der Waals surface area contributed by atoms with Crippen LogP contribution in [0.3, 0.4) is 0 Å². The number of anilines is 1. The predicted molar refractivity (Wildman–Crippen MR) is 82.1 cm³/mol. The van der Waals surface area contributed by atoms with Gasteiger partial charge in [0.1, 0.15) is 5.52 Å². The SMILES string of the molecule is CCCC(C#N)N1CCN(c2nc3ccccc3o2)CC1. The summed E-state index contributed by atoms with van der Waals surface area (Å²) in [4.78, 5) is 8.97. The number of fused-ring (bicyclic) bond motifs is 1. The lowest BCUT2D eigenvalue weighted by atomic mass is 10.1. The fraction of sp³-hybridized carbons (Fsp3) is 0.500. The molecule has 21 heavy (non-hydrogen) atoms. The Morgan fingerprint density at radius 3 is 2.71 bits per heavy atom. The molecule has 0 spiro atoms. The molecule has 0 amide bonds. The second-order valence-corrected chi connectivity index (χ2v) is 5.42. The number of piperazine rings is 1. The topological polar surface area (TPSA) is 56.3 Å². The molecule has 1 aromatic carbocycles. The minimum Gasteiger partial charge on any atom is -0.423 e. The number of aromatic nitrogens is 1. The van der Waals surface area contributed by atoms with Crippen LogP contribution in [0.1, 0.15) is 19.8 Å². The van der Waals surface area contributed by atoms with E-state index in [2.05, 4.69) is 27.8 Å². The van der Waals surface area contributed by atoms with Gasteiger partial charge in [0.05, 0.1) is 12.1 Å². The summed E-state index contributed by atoms with van der Waals surface area (Å²) >= 11 is 0. The molecule has 0 aliphatic carbocycles. The van der Waals surface area contributed by atoms with Crippen LogP contribution >= 0.6 is 0 Å². The third-order valence-electron chi connectivity index (χ3n) is 4.02. The zero-order chi connectivity index (χ0) is 14.7. The first-order valence-electron chi connectivity index (χ1n) is 7.56. The molecule has 1 aliphatic heterocycles. The summed E-state index contributed by atoms with van der Waals surface area (Å²) in [5, 5.41) is 9.25. The molecule has 1 unspecified atom stereocenters. The average molecular weight is 284 g/mol. The number of nitriles is 1. The van der Waals surface area contributed by atoms with Gasteiger partial charge in [-0.15, -0.1) is 0 Å². The van der Waals surface area contributed by atoms with Gasteiger partial charge in [-0.3, -0.25) is 4.90 Å². The van der Waals surface area contributed by atoms with Gasteiger partial charge in [-0.2, -0.15) is 10.2 Å². The van der Waals surface area contributed by atoms with E-state index in [1.807, 2.05) is 24.3 Å². The van der Waals surface area contributed by atoms with Crippen LogP contribution in [0.5, 0.6) is 0 Å². The van der Waals surface area contributed by atoms with Crippen LogP contribution in [0.15, 0.2) is 28.7 Å². The number of nitrogens with zero attached hydrogens (tertiary/aromatic N) is 4. The van der Waals surface area contributed by atoms with Crippen LogP contribution in [0.25, 0.3) is 11.1 Å². The maximum Gasteiger partial charge on any atom is 0.298 e. The minimum atomic E-state index is 0.0424. The van der Waals surface area contributed by atoms with Crippen molar-refractivity contribution in [3.63, 3.8) is 0 Å². The molecular weight excluding hydrogens is 264 g/mol. The van der Waals surface area contributed by atoms with Gasteiger partial charge in [-0.25, -0.2) is 0 Å². The summed E-state index contributed by atoms with van der Waals surface area (Å²) in [7, 11) is 0. The molecule has 1 aliphatic rings. The van der Waals surface area contributed by atoms with Crippen LogP contribution in [-0.2, 0) is 0 Å². The lowest BCUT2D eigenvalue weighted by molar-refractivity contribution is 0.208. The summed E-state index contributed by atoms with van der Waals surface area (Å²) in [6.45, 7) is 5.61. The third kappa shape index (κ3) is 2.86. The van der Waals surface area contributed by atoms with E-state index in [9.17, 15) is 5.26 Å². The minimum absolute atomic E-state index is 0.0424. The smallest absolute Gasteiger partial charge is 0.298 e. The van der Waals surface area contributed by atoms with Gasteiger partial charge in [0.15, 0.2) is 5.58 Å². The first kappa shape index (κ1) is 13.9. The second kappa shape index (κ2) is 6.15. The van der Waals surface area contributed by atoms with Gasteiger partial charge in [0.25, 0.3) is 6.01 Å². The Morgan fingerprint density at radius 1 is 1.29 bits per heavy atom. The molecule has 1 fully saturated rings. The highest BCUT2D eigenvalue weighted by molar-refractivity contribution is 5.74. The number of benzene rings is 1. The summed E-state index contributed by atoms with van der Waals surface area (Å²) in [5.74, 6) is 0. The molecule has 0 N–H and O–H groups in total. The monoisotopic (exact) mass is 284 g/mol. The van der Waals surface area contributed by atoms with E-state index in [-0.39, 0.29) is 6.04 Å². The van der Waals surface area contributed by atoms with E-state index < -0.39 is 0 Å². The molecule has 1 aromatic heterocycles. The van der Waals surface area contributed by atoms with Crippen molar-refractivity contribution in [2.75, 3.05) is 31.1 Å². The summed E-state index contributed by atoms with van der Waals surface area (Å²) < 4.78 is 5.81. The summed E-state index contributed by atoms with van der Waals surface area (Å²) in [6.07, 6.45) is 1.99. The zero-order valence-corrected chi connectivity index (χ0v) is 12.3. The van der Waals surface area contributed by atoms with Crippen LogP contribution in [0.4, 0.5) is 6.01 Å². The van der Waals surface area contributed by atoms with E-state index in [0.29, 0.717) is 6.01 Å². The summed E-state index contributed by atoms with van der Waals surface area (Å²) in [5.41, 5.74) is 1.73. The Labute approximate surface area is 124 Å².